The van der Waals surface area contributed by atoms with Gasteiger partial charge in [-0.25, -0.2) is 13.4 Å². The van der Waals surface area contributed by atoms with Gasteiger partial charge in [-0.1, -0.05) is 29.3 Å². The number of sulfonamides is 1. The topological polar surface area (TPSA) is 76.9 Å². The SMILES string of the molecule is Cc1cc(NS(=O)(=O)c2cc(Cl)ccc2Cl)n(-c2ccccn2)n1. The summed E-state index contributed by atoms with van der Waals surface area (Å²) in [7, 11) is -3.94. The van der Waals surface area contributed by atoms with Gasteiger partial charge in [0.1, 0.15) is 10.7 Å². The summed E-state index contributed by atoms with van der Waals surface area (Å²) in [6.45, 7) is 1.75. The molecule has 0 aliphatic rings. The van der Waals surface area contributed by atoms with E-state index in [1.807, 2.05) is 0 Å². The maximum Gasteiger partial charge on any atom is 0.264 e. The van der Waals surface area contributed by atoms with E-state index in [0.29, 0.717) is 11.5 Å². The Balaban J connectivity index is 2.04. The summed E-state index contributed by atoms with van der Waals surface area (Å²) < 4.78 is 29.2. The zero-order chi connectivity index (χ0) is 17.3. The van der Waals surface area contributed by atoms with Crippen LogP contribution in [0.2, 0.25) is 10.0 Å². The molecular weight excluding hydrogens is 371 g/mol. The maximum atomic E-state index is 12.7. The molecule has 1 N–H and O–H groups in total. The van der Waals surface area contributed by atoms with Gasteiger partial charge in [0.05, 0.1) is 10.7 Å². The van der Waals surface area contributed by atoms with Crippen LogP contribution < -0.4 is 4.72 Å². The van der Waals surface area contributed by atoms with Crippen LogP contribution in [0.5, 0.6) is 0 Å². The number of nitrogens with zero attached hydrogens (tertiary/aromatic N) is 3. The minimum atomic E-state index is -3.94. The number of hydrogen-bond acceptors (Lipinski definition) is 4. The molecule has 0 aliphatic heterocycles. The van der Waals surface area contributed by atoms with E-state index in [-0.39, 0.29) is 20.8 Å². The minimum Gasteiger partial charge on any atom is -0.263 e. The van der Waals surface area contributed by atoms with Gasteiger partial charge in [0.2, 0.25) is 0 Å². The fraction of sp³-hybridized carbons (Fsp3) is 0.0667. The quantitative estimate of drug-likeness (QED) is 0.746. The molecule has 0 spiro atoms. The van der Waals surface area contributed by atoms with Gasteiger partial charge in [0.25, 0.3) is 10.0 Å². The number of hydrogen-bond donors (Lipinski definition) is 1. The smallest absolute Gasteiger partial charge is 0.263 e. The predicted molar refractivity (Wildman–Crippen MR) is 93.4 cm³/mol. The normalized spacial score (nSPS) is 11.5. The summed E-state index contributed by atoms with van der Waals surface area (Å²) in [5.74, 6) is 0.739. The van der Waals surface area contributed by atoms with Gasteiger partial charge in [-0.05, 0) is 37.3 Å². The Morgan fingerprint density at radius 1 is 1.12 bits per heavy atom. The molecule has 0 atom stereocenters. The van der Waals surface area contributed by atoms with Crippen molar-refractivity contribution >= 4 is 39.0 Å². The van der Waals surface area contributed by atoms with Crippen LogP contribution in [0, 0.1) is 6.92 Å². The lowest BCUT2D eigenvalue weighted by molar-refractivity contribution is 0.600. The zero-order valence-corrected chi connectivity index (χ0v) is 14.8. The Kier molecular flexibility index (Phi) is 4.49. The van der Waals surface area contributed by atoms with E-state index < -0.39 is 10.0 Å². The van der Waals surface area contributed by atoms with E-state index in [0.717, 1.165) is 0 Å². The molecule has 6 nitrogen and oxygen atoms in total. The number of rotatable bonds is 4. The highest BCUT2D eigenvalue weighted by atomic mass is 35.5. The van der Waals surface area contributed by atoms with Crippen molar-refractivity contribution in [2.45, 2.75) is 11.8 Å². The van der Waals surface area contributed by atoms with Gasteiger partial charge in [-0.3, -0.25) is 4.72 Å². The number of halogens is 2. The average molecular weight is 383 g/mol. The summed E-state index contributed by atoms with van der Waals surface area (Å²) >= 11 is 11.9. The predicted octanol–water partition coefficient (Wildman–Crippen LogP) is 3.68. The van der Waals surface area contributed by atoms with Crippen LogP contribution in [0.3, 0.4) is 0 Å². The third-order valence-electron chi connectivity index (χ3n) is 3.12. The highest BCUT2D eigenvalue weighted by Gasteiger charge is 2.21. The molecule has 0 unspecified atom stereocenters. The Bertz CT molecular complexity index is 988. The molecule has 0 saturated carbocycles. The summed E-state index contributed by atoms with van der Waals surface area (Å²) in [5, 5.41) is 4.62. The monoisotopic (exact) mass is 382 g/mol. The lowest BCUT2D eigenvalue weighted by Gasteiger charge is -2.11. The number of pyridine rings is 1. The lowest BCUT2D eigenvalue weighted by Crippen LogP contribution is -2.16. The Morgan fingerprint density at radius 3 is 2.62 bits per heavy atom. The first-order chi connectivity index (χ1) is 11.4. The van der Waals surface area contributed by atoms with E-state index in [9.17, 15) is 8.42 Å². The van der Waals surface area contributed by atoms with Crippen LogP contribution in [0.4, 0.5) is 5.82 Å². The first kappa shape index (κ1) is 16.8. The Labute approximate surface area is 149 Å². The summed E-state index contributed by atoms with van der Waals surface area (Å²) in [4.78, 5) is 4.07. The van der Waals surface area contributed by atoms with E-state index in [2.05, 4.69) is 14.8 Å². The molecule has 0 fully saturated rings. The maximum absolute atomic E-state index is 12.7. The Hall–Kier alpha value is -2.09. The van der Waals surface area contributed by atoms with Gasteiger partial charge in [0.15, 0.2) is 5.82 Å². The van der Waals surface area contributed by atoms with Crippen molar-refractivity contribution in [3.63, 3.8) is 0 Å². The van der Waals surface area contributed by atoms with Crippen molar-refractivity contribution in [2.24, 2.45) is 0 Å². The largest absolute Gasteiger partial charge is 0.264 e. The first-order valence-electron chi connectivity index (χ1n) is 6.83. The molecule has 1 aromatic carbocycles. The molecule has 2 heterocycles. The summed E-state index contributed by atoms with van der Waals surface area (Å²) in [5.41, 5.74) is 0.635. The highest BCUT2D eigenvalue weighted by molar-refractivity contribution is 7.92. The van der Waals surface area contributed by atoms with Crippen LogP contribution in [0.1, 0.15) is 5.69 Å². The second-order valence-corrected chi connectivity index (χ2v) is 7.45. The molecule has 24 heavy (non-hydrogen) atoms. The molecule has 0 aliphatic carbocycles. The van der Waals surface area contributed by atoms with Crippen molar-refractivity contribution in [3.05, 3.63) is 64.4 Å². The van der Waals surface area contributed by atoms with Gasteiger partial charge in [-0.2, -0.15) is 9.78 Å². The number of aryl methyl sites for hydroxylation is 1. The second-order valence-electron chi connectivity index (χ2n) is 4.95. The molecule has 0 saturated heterocycles. The van der Waals surface area contributed by atoms with Crippen LogP contribution >= 0.6 is 23.2 Å². The van der Waals surface area contributed by atoms with Crippen LogP contribution in [-0.2, 0) is 10.0 Å². The zero-order valence-electron chi connectivity index (χ0n) is 12.4. The molecular formula is C15H12Cl2N4O2S. The fourth-order valence-corrected chi connectivity index (χ4v) is 3.90. The van der Waals surface area contributed by atoms with Crippen molar-refractivity contribution in [3.8, 4) is 5.82 Å². The minimum absolute atomic E-state index is 0.0764. The van der Waals surface area contributed by atoms with E-state index in [1.54, 1.807) is 37.4 Å². The molecule has 0 amide bonds. The van der Waals surface area contributed by atoms with Gasteiger partial charge in [0, 0.05) is 17.3 Å². The number of benzene rings is 1. The highest BCUT2D eigenvalue weighted by Crippen LogP contribution is 2.27. The lowest BCUT2D eigenvalue weighted by atomic mass is 10.4. The third-order valence-corrected chi connectivity index (χ3v) is 5.19. The standard InChI is InChI=1S/C15H12Cl2N4O2S/c1-10-8-15(21(19-10)14-4-2-3-7-18-14)20-24(22,23)13-9-11(16)5-6-12(13)17/h2-9,20H,1H3. The summed E-state index contributed by atoms with van der Waals surface area (Å²) in [6.07, 6.45) is 1.60. The van der Waals surface area contributed by atoms with Crippen molar-refractivity contribution < 1.29 is 8.42 Å². The van der Waals surface area contributed by atoms with Gasteiger partial charge < -0.3 is 0 Å². The molecule has 3 rings (SSSR count). The first-order valence-corrected chi connectivity index (χ1v) is 9.07. The van der Waals surface area contributed by atoms with Crippen molar-refractivity contribution in [2.75, 3.05) is 4.72 Å². The third kappa shape index (κ3) is 3.38. The van der Waals surface area contributed by atoms with Crippen LogP contribution in [-0.4, -0.2) is 23.2 Å². The van der Waals surface area contributed by atoms with E-state index >= 15 is 0 Å². The molecule has 0 radical (unpaired) electrons. The van der Waals surface area contributed by atoms with Crippen LogP contribution in [0.25, 0.3) is 5.82 Å². The van der Waals surface area contributed by atoms with E-state index in [4.69, 9.17) is 23.2 Å². The number of aromatic nitrogens is 3. The Morgan fingerprint density at radius 2 is 1.92 bits per heavy atom. The average Bonchev–Trinajstić information content (AvgIpc) is 2.90. The molecule has 2 aromatic heterocycles. The number of anilines is 1. The van der Waals surface area contributed by atoms with Crippen molar-refractivity contribution in [1.82, 2.24) is 14.8 Å². The second kappa shape index (κ2) is 6.43. The van der Waals surface area contributed by atoms with E-state index in [1.165, 1.54) is 22.9 Å². The fourth-order valence-electron chi connectivity index (χ4n) is 2.10. The molecule has 3 aromatic rings. The van der Waals surface area contributed by atoms with Gasteiger partial charge in [-0.15, -0.1) is 0 Å². The number of nitrogens with one attached hydrogen (secondary N) is 1. The summed E-state index contributed by atoms with van der Waals surface area (Å²) in [6, 6.07) is 11.1. The van der Waals surface area contributed by atoms with Crippen molar-refractivity contribution in [1.29, 1.82) is 0 Å². The molecule has 9 heteroatoms. The molecule has 0 bridgehead atoms. The molecule has 124 valence electrons. The van der Waals surface area contributed by atoms with Gasteiger partial charge >= 0.3 is 0 Å². The van der Waals surface area contributed by atoms with Crippen LogP contribution in [0.15, 0.2) is 53.6 Å².